The number of halogens is 2. The minimum absolute atomic E-state index is 0.144. The SMILES string of the molecule is CC(C)(C)O.CC(O)c1cn(C(F)F)nn1. The number of aliphatic hydroxyl groups is 2. The average molecular weight is 237 g/mol. The fourth-order valence-corrected chi connectivity index (χ4v) is 0.577. The zero-order valence-electron chi connectivity index (χ0n) is 9.72. The number of aromatic nitrogens is 3. The molecule has 0 aromatic carbocycles. The molecule has 7 heteroatoms. The summed E-state index contributed by atoms with van der Waals surface area (Å²) in [6, 6.07) is 0. The fraction of sp³-hybridized carbons (Fsp3) is 0.778. The lowest BCUT2D eigenvalue weighted by atomic mass is 10.2. The highest BCUT2D eigenvalue weighted by Crippen LogP contribution is 2.11. The predicted molar refractivity (Wildman–Crippen MR) is 53.9 cm³/mol. The first-order valence-electron chi connectivity index (χ1n) is 4.71. The second-order valence-corrected chi connectivity index (χ2v) is 4.25. The van der Waals surface area contributed by atoms with Crippen LogP contribution in [0.25, 0.3) is 0 Å². The second kappa shape index (κ2) is 5.86. The molecule has 1 atom stereocenters. The van der Waals surface area contributed by atoms with E-state index in [0.717, 1.165) is 6.20 Å². The number of nitrogens with zero attached hydrogens (tertiary/aromatic N) is 3. The molecule has 1 aromatic heterocycles. The molecule has 0 aliphatic rings. The van der Waals surface area contributed by atoms with Gasteiger partial charge in [0.15, 0.2) is 0 Å². The average Bonchev–Trinajstić information content (AvgIpc) is 2.47. The normalized spacial score (nSPS) is 13.3. The molecule has 1 rings (SSSR count). The van der Waals surface area contributed by atoms with Crippen molar-refractivity contribution in [2.24, 2.45) is 0 Å². The predicted octanol–water partition coefficient (Wildman–Crippen LogP) is 1.50. The van der Waals surface area contributed by atoms with Crippen molar-refractivity contribution in [3.63, 3.8) is 0 Å². The number of aliphatic hydroxyl groups excluding tert-OH is 1. The Hall–Kier alpha value is -1.08. The maximum Gasteiger partial charge on any atom is 0.334 e. The highest BCUT2D eigenvalue weighted by molar-refractivity contribution is 4.95. The number of hydrogen-bond donors (Lipinski definition) is 2. The molecule has 1 aromatic rings. The van der Waals surface area contributed by atoms with Crippen molar-refractivity contribution in [1.82, 2.24) is 15.0 Å². The van der Waals surface area contributed by atoms with Crippen molar-refractivity contribution in [2.45, 2.75) is 45.9 Å². The van der Waals surface area contributed by atoms with E-state index in [0.29, 0.717) is 4.68 Å². The van der Waals surface area contributed by atoms with Gasteiger partial charge < -0.3 is 10.2 Å². The van der Waals surface area contributed by atoms with E-state index in [1.54, 1.807) is 20.8 Å². The molecule has 0 bridgehead atoms. The summed E-state index contributed by atoms with van der Waals surface area (Å²) in [6.07, 6.45) is 0.150. The summed E-state index contributed by atoms with van der Waals surface area (Å²) in [5, 5.41) is 23.8. The van der Waals surface area contributed by atoms with E-state index in [1.165, 1.54) is 6.92 Å². The van der Waals surface area contributed by atoms with Crippen LogP contribution in [0.3, 0.4) is 0 Å². The minimum atomic E-state index is -2.70. The summed E-state index contributed by atoms with van der Waals surface area (Å²) in [4.78, 5) is 0. The molecule has 0 fully saturated rings. The highest BCUT2D eigenvalue weighted by atomic mass is 19.3. The number of hydrogen-bond acceptors (Lipinski definition) is 4. The van der Waals surface area contributed by atoms with Crippen LogP contribution in [0.1, 0.15) is 46.0 Å². The lowest BCUT2D eigenvalue weighted by Crippen LogP contribution is -2.10. The molecule has 5 nitrogen and oxygen atoms in total. The summed E-state index contributed by atoms with van der Waals surface area (Å²) in [5.41, 5.74) is -0.356. The van der Waals surface area contributed by atoms with Gasteiger partial charge in [-0.2, -0.15) is 13.5 Å². The van der Waals surface area contributed by atoms with Crippen molar-refractivity contribution in [3.8, 4) is 0 Å². The van der Waals surface area contributed by atoms with Gasteiger partial charge in [0, 0.05) is 0 Å². The zero-order chi connectivity index (χ0) is 12.9. The first kappa shape index (κ1) is 14.9. The fourth-order valence-electron chi connectivity index (χ4n) is 0.577. The Labute approximate surface area is 92.7 Å². The van der Waals surface area contributed by atoms with Gasteiger partial charge in [-0.1, -0.05) is 5.21 Å². The van der Waals surface area contributed by atoms with Crippen molar-refractivity contribution in [3.05, 3.63) is 11.9 Å². The topological polar surface area (TPSA) is 71.2 Å². The third kappa shape index (κ3) is 7.24. The lowest BCUT2D eigenvalue weighted by Gasteiger charge is -2.04. The van der Waals surface area contributed by atoms with Gasteiger partial charge in [0.25, 0.3) is 0 Å². The van der Waals surface area contributed by atoms with Crippen LogP contribution in [0, 0.1) is 0 Å². The molecule has 0 saturated carbocycles. The third-order valence-corrected chi connectivity index (χ3v) is 1.16. The van der Waals surface area contributed by atoms with E-state index in [4.69, 9.17) is 10.2 Å². The summed E-state index contributed by atoms with van der Waals surface area (Å²) in [7, 11) is 0. The Morgan fingerprint density at radius 2 is 1.81 bits per heavy atom. The molecular weight excluding hydrogens is 220 g/mol. The van der Waals surface area contributed by atoms with Gasteiger partial charge in [0.1, 0.15) is 5.69 Å². The first-order chi connectivity index (χ1) is 7.11. The van der Waals surface area contributed by atoms with Gasteiger partial charge in [0.05, 0.1) is 17.9 Å². The van der Waals surface area contributed by atoms with Crippen molar-refractivity contribution in [1.29, 1.82) is 0 Å². The summed E-state index contributed by atoms with van der Waals surface area (Å²) < 4.78 is 24.0. The van der Waals surface area contributed by atoms with Crippen LogP contribution in [0.5, 0.6) is 0 Å². The monoisotopic (exact) mass is 237 g/mol. The van der Waals surface area contributed by atoms with Crippen LogP contribution in [0.4, 0.5) is 8.78 Å². The smallest absolute Gasteiger partial charge is 0.334 e. The molecular formula is C9H17F2N3O2. The van der Waals surface area contributed by atoms with E-state index >= 15 is 0 Å². The van der Waals surface area contributed by atoms with Crippen LogP contribution in [0.15, 0.2) is 6.20 Å². The third-order valence-electron chi connectivity index (χ3n) is 1.16. The molecule has 94 valence electrons. The molecule has 0 radical (unpaired) electrons. The van der Waals surface area contributed by atoms with E-state index in [2.05, 4.69) is 10.3 Å². The Balaban J connectivity index is 0.000000385. The molecule has 16 heavy (non-hydrogen) atoms. The first-order valence-corrected chi connectivity index (χ1v) is 4.71. The Bertz CT molecular complexity index is 279. The van der Waals surface area contributed by atoms with E-state index < -0.39 is 18.3 Å². The van der Waals surface area contributed by atoms with Crippen molar-refractivity contribution < 1.29 is 19.0 Å². The van der Waals surface area contributed by atoms with Crippen molar-refractivity contribution >= 4 is 0 Å². The molecule has 0 aliphatic carbocycles. The number of rotatable bonds is 2. The summed E-state index contributed by atoms with van der Waals surface area (Å²) >= 11 is 0. The van der Waals surface area contributed by atoms with Gasteiger partial charge in [0.2, 0.25) is 0 Å². The van der Waals surface area contributed by atoms with Crippen LogP contribution < -0.4 is 0 Å². The molecule has 1 heterocycles. The molecule has 0 aliphatic heterocycles. The van der Waals surface area contributed by atoms with Gasteiger partial charge in [-0.15, -0.1) is 5.10 Å². The van der Waals surface area contributed by atoms with Gasteiger partial charge in [-0.25, -0.2) is 0 Å². The van der Waals surface area contributed by atoms with E-state index in [-0.39, 0.29) is 5.69 Å². The molecule has 1 unspecified atom stereocenters. The van der Waals surface area contributed by atoms with Gasteiger partial charge in [-0.05, 0) is 27.7 Å². The van der Waals surface area contributed by atoms with Gasteiger partial charge in [-0.3, -0.25) is 0 Å². The quantitative estimate of drug-likeness (QED) is 0.817. The Morgan fingerprint density at radius 1 is 1.38 bits per heavy atom. The maximum absolute atomic E-state index is 11.8. The van der Waals surface area contributed by atoms with Crippen LogP contribution in [-0.4, -0.2) is 30.8 Å². The van der Waals surface area contributed by atoms with E-state index in [9.17, 15) is 8.78 Å². The van der Waals surface area contributed by atoms with Crippen molar-refractivity contribution in [2.75, 3.05) is 0 Å². The Kier molecular flexibility index (Phi) is 5.46. The molecule has 0 amide bonds. The van der Waals surface area contributed by atoms with E-state index in [1.807, 2.05) is 0 Å². The summed E-state index contributed by atoms with van der Waals surface area (Å²) in [6.45, 7) is 3.96. The Morgan fingerprint density at radius 3 is 2.00 bits per heavy atom. The zero-order valence-corrected chi connectivity index (χ0v) is 9.72. The van der Waals surface area contributed by atoms with Crippen LogP contribution in [-0.2, 0) is 0 Å². The summed E-state index contributed by atoms with van der Waals surface area (Å²) in [5.74, 6) is 0. The molecule has 2 N–H and O–H groups in total. The maximum atomic E-state index is 11.8. The standard InChI is InChI=1S/C5H7F2N3O.C4H10O/c1-3(11)4-2-10(5(6)7)9-8-4;1-4(2,3)5/h2-3,5,11H,1H3;5H,1-3H3. The van der Waals surface area contributed by atoms with Crippen LogP contribution in [0.2, 0.25) is 0 Å². The second-order valence-electron chi connectivity index (χ2n) is 4.25. The minimum Gasteiger partial charge on any atom is -0.391 e. The van der Waals surface area contributed by atoms with Gasteiger partial charge >= 0.3 is 6.55 Å². The van der Waals surface area contributed by atoms with Crippen LogP contribution >= 0.6 is 0 Å². The lowest BCUT2D eigenvalue weighted by molar-refractivity contribution is 0.0545. The molecule has 0 saturated heterocycles. The number of alkyl halides is 2. The largest absolute Gasteiger partial charge is 0.391 e. The molecule has 0 spiro atoms. The highest BCUT2D eigenvalue weighted by Gasteiger charge is 2.11.